The number of carboxylic acids is 1. The molecule has 0 aliphatic rings. The molecule has 3 N–H and O–H groups in total. The number of rotatable bonds is 5. The number of benzene rings is 1. The fourth-order valence-electron chi connectivity index (χ4n) is 1.76. The van der Waals surface area contributed by atoms with Crippen molar-refractivity contribution in [2.45, 2.75) is 25.1 Å². The van der Waals surface area contributed by atoms with Crippen LogP contribution in [0.2, 0.25) is 0 Å². The Morgan fingerprint density at radius 2 is 2.10 bits per heavy atom. The first-order valence-corrected chi connectivity index (χ1v) is 6.38. The van der Waals surface area contributed by atoms with E-state index in [1.807, 2.05) is 0 Å². The van der Waals surface area contributed by atoms with Crippen molar-refractivity contribution in [2.24, 2.45) is 5.73 Å². The third-order valence-electron chi connectivity index (χ3n) is 2.66. The highest BCUT2D eigenvalue weighted by Crippen LogP contribution is 2.42. The minimum absolute atomic E-state index is 0.0133. The second kappa shape index (κ2) is 6.45. The van der Waals surface area contributed by atoms with Crippen molar-refractivity contribution in [1.82, 2.24) is 0 Å². The molecule has 0 amide bonds. The smallest absolute Gasteiger partial charge is 0.420 e. The van der Waals surface area contributed by atoms with Crippen molar-refractivity contribution >= 4 is 21.9 Å². The summed E-state index contributed by atoms with van der Waals surface area (Å²) in [6, 6.07) is 1.44. The lowest BCUT2D eigenvalue weighted by Gasteiger charge is -2.20. The summed E-state index contributed by atoms with van der Waals surface area (Å²) < 4.78 is 43.8. The molecule has 0 aliphatic heterocycles. The van der Waals surface area contributed by atoms with Gasteiger partial charge in [0.1, 0.15) is 5.75 Å². The van der Waals surface area contributed by atoms with Crippen molar-refractivity contribution in [2.75, 3.05) is 7.11 Å². The lowest BCUT2D eigenvalue weighted by Crippen LogP contribution is -2.16. The molecule has 0 fully saturated rings. The van der Waals surface area contributed by atoms with E-state index in [1.165, 1.54) is 6.07 Å². The van der Waals surface area contributed by atoms with Gasteiger partial charge < -0.3 is 15.6 Å². The van der Waals surface area contributed by atoms with Crippen LogP contribution in [-0.4, -0.2) is 18.2 Å². The second-order valence-electron chi connectivity index (χ2n) is 4.11. The van der Waals surface area contributed by atoms with E-state index in [2.05, 4.69) is 15.9 Å². The van der Waals surface area contributed by atoms with Crippen LogP contribution in [-0.2, 0) is 11.0 Å². The van der Waals surface area contributed by atoms with Crippen molar-refractivity contribution in [1.29, 1.82) is 0 Å². The monoisotopic (exact) mass is 355 g/mol. The van der Waals surface area contributed by atoms with Crippen molar-refractivity contribution in [3.05, 3.63) is 27.7 Å². The predicted molar refractivity (Wildman–Crippen MR) is 69.5 cm³/mol. The highest BCUT2D eigenvalue weighted by molar-refractivity contribution is 9.10. The highest BCUT2D eigenvalue weighted by Gasteiger charge is 2.36. The number of ether oxygens (including phenoxy) is 1. The molecule has 112 valence electrons. The Kier molecular flexibility index (Phi) is 5.41. The number of carboxylic acid groups (broad SMARTS) is 1. The van der Waals surface area contributed by atoms with Crippen LogP contribution in [0.1, 0.15) is 30.0 Å². The molecule has 1 unspecified atom stereocenters. The zero-order chi connectivity index (χ0) is 15.5. The van der Waals surface area contributed by atoms with Gasteiger partial charge in [-0.3, -0.25) is 4.79 Å². The molecule has 0 bridgehead atoms. The number of carbonyl (C=O) groups is 1. The van der Waals surface area contributed by atoms with E-state index in [9.17, 15) is 18.0 Å². The average Bonchev–Trinajstić information content (AvgIpc) is 2.33. The van der Waals surface area contributed by atoms with Gasteiger partial charge in [-0.2, -0.15) is 13.2 Å². The van der Waals surface area contributed by atoms with Crippen LogP contribution < -0.4 is 10.5 Å². The molecule has 0 aromatic heterocycles. The SMILES string of the molecule is COc1c(C(N)CCC(=O)O)cc(Br)cc1C(F)(F)F. The molecular weight excluding hydrogens is 343 g/mol. The van der Waals surface area contributed by atoms with Gasteiger partial charge in [0.25, 0.3) is 0 Å². The number of aliphatic carboxylic acids is 1. The summed E-state index contributed by atoms with van der Waals surface area (Å²) in [5, 5.41) is 8.60. The molecule has 0 radical (unpaired) electrons. The van der Waals surface area contributed by atoms with Crippen LogP contribution in [0.5, 0.6) is 5.75 Å². The summed E-state index contributed by atoms with van der Waals surface area (Å²) in [5.41, 5.74) is 4.94. The fraction of sp³-hybridized carbons (Fsp3) is 0.417. The van der Waals surface area contributed by atoms with Gasteiger partial charge in [-0.25, -0.2) is 0 Å². The minimum Gasteiger partial charge on any atom is -0.496 e. The van der Waals surface area contributed by atoms with Crippen LogP contribution in [0.3, 0.4) is 0 Å². The third kappa shape index (κ3) is 4.11. The number of nitrogens with two attached hydrogens (primary N) is 1. The van der Waals surface area contributed by atoms with Gasteiger partial charge in [0.15, 0.2) is 0 Å². The molecule has 8 heteroatoms. The molecule has 0 saturated heterocycles. The lowest BCUT2D eigenvalue weighted by atomic mass is 9.99. The quantitative estimate of drug-likeness (QED) is 0.849. The van der Waals surface area contributed by atoms with Crippen LogP contribution in [0.4, 0.5) is 13.2 Å². The van der Waals surface area contributed by atoms with Crippen molar-refractivity contribution in [3.8, 4) is 5.75 Å². The largest absolute Gasteiger partial charge is 0.496 e. The van der Waals surface area contributed by atoms with Crippen LogP contribution >= 0.6 is 15.9 Å². The summed E-state index contributed by atoms with van der Waals surface area (Å²) >= 11 is 2.99. The molecule has 1 aromatic carbocycles. The number of methoxy groups -OCH3 is 1. The van der Waals surface area contributed by atoms with E-state index in [0.29, 0.717) is 0 Å². The first-order chi connectivity index (χ1) is 9.16. The Bertz CT molecular complexity index is 505. The van der Waals surface area contributed by atoms with Crippen molar-refractivity contribution in [3.63, 3.8) is 0 Å². The van der Waals surface area contributed by atoms with Crippen molar-refractivity contribution < 1.29 is 27.8 Å². The molecule has 4 nitrogen and oxygen atoms in total. The zero-order valence-electron chi connectivity index (χ0n) is 10.5. The molecule has 0 aliphatic carbocycles. The zero-order valence-corrected chi connectivity index (χ0v) is 12.1. The average molecular weight is 356 g/mol. The third-order valence-corrected chi connectivity index (χ3v) is 3.12. The molecule has 1 atom stereocenters. The Hall–Kier alpha value is -1.28. The summed E-state index contributed by atoms with van der Waals surface area (Å²) in [4.78, 5) is 10.5. The molecule has 20 heavy (non-hydrogen) atoms. The van der Waals surface area contributed by atoms with Gasteiger partial charge in [0.2, 0.25) is 0 Å². The van der Waals surface area contributed by atoms with Gasteiger partial charge in [-0.05, 0) is 18.6 Å². The van der Waals surface area contributed by atoms with E-state index in [1.54, 1.807) is 0 Å². The van der Waals surface area contributed by atoms with Gasteiger partial charge >= 0.3 is 12.1 Å². The van der Waals surface area contributed by atoms with Gasteiger partial charge in [0, 0.05) is 22.5 Å². The van der Waals surface area contributed by atoms with E-state index < -0.39 is 23.8 Å². The van der Waals surface area contributed by atoms with E-state index >= 15 is 0 Å². The van der Waals surface area contributed by atoms with Gasteiger partial charge in [-0.15, -0.1) is 0 Å². The Labute approximate surface area is 121 Å². The van der Waals surface area contributed by atoms with Crippen LogP contribution in [0.15, 0.2) is 16.6 Å². The summed E-state index contributed by atoms with van der Waals surface area (Å²) in [7, 11) is 1.12. The topological polar surface area (TPSA) is 72.5 Å². The first-order valence-electron chi connectivity index (χ1n) is 5.58. The van der Waals surface area contributed by atoms with Gasteiger partial charge in [0.05, 0.1) is 12.7 Å². The number of halogens is 4. The maximum absolute atomic E-state index is 12.9. The molecule has 0 heterocycles. The van der Waals surface area contributed by atoms with E-state index in [0.717, 1.165) is 13.2 Å². The highest BCUT2D eigenvalue weighted by atomic mass is 79.9. The molecule has 1 rings (SSSR count). The van der Waals surface area contributed by atoms with Gasteiger partial charge in [-0.1, -0.05) is 15.9 Å². The van der Waals surface area contributed by atoms with Crippen LogP contribution in [0.25, 0.3) is 0 Å². The minimum atomic E-state index is -4.59. The number of hydrogen-bond acceptors (Lipinski definition) is 3. The fourth-order valence-corrected chi connectivity index (χ4v) is 2.24. The molecule has 1 aromatic rings. The number of hydrogen-bond donors (Lipinski definition) is 2. The second-order valence-corrected chi connectivity index (χ2v) is 5.03. The molecular formula is C12H13BrF3NO3. The Balaban J connectivity index is 3.24. The summed E-state index contributed by atoms with van der Waals surface area (Å²) in [5.74, 6) is -1.44. The van der Waals surface area contributed by atoms with E-state index in [-0.39, 0.29) is 28.6 Å². The molecule has 0 spiro atoms. The van der Waals surface area contributed by atoms with Crippen LogP contribution in [0, 0.1) is 0 Å². The predicted octanol–water partition coefficient (Wildman–Crippen LogP) is 3.34. The maximum Gasteiger partial charge on any atom is 0.420 e. The Morgan fingerprint density at radius 1 is 1.50 bits per heavy atom. The molecule has 0 saturated carbocycles. The summed E-state index contributed by atoms with van der Waals surface area (Å²) in [6.07, 6.45) is -4.81. The number of alkyl halides is 3. The Morgan fingerprint density at radius 3 is 2.55 bits per heavy atom. The standard InChI is InChI=1S/C12H13BrF3NO3/c1-20-11-7(9(17)2-3-10(18)19)4-6(13)5-8(11)12(14,15)16/h4-5,9H,2-3,17H2,1H3,(H,18,19). The van der Waals surface area contributed by atoms with E-state index in [4.69, 9.17) is 15.6 Å². The summed E-state index contributed by atoms with van der Waals surface area (Å²) in [6.45, 7) is 0. The maximum atomic E-state index is 12.9. The first kappa shape index (κ1) is 16.8. The normalized spacial score (nSPS) is 13.1. The lowest BCUT2D eigenvalue weighted by molar-refractivity contribution is -0.139.